The minimum absolute atomic E-state index is 0.0171. The van der Waals surface area contributed by atoms with Gasteiger partial charge < -0.3 is 5.32 Å². The SMILES string of the molecule is Cc1ccc(-n2c(SCC(=O)NC3CC3)nc3ccccc3c2=O)cc1C. The second-order valence-corrected chi connectivity index (χ2v) is 7.89. The fraction of sp³-hybridized carbons (Fsp3) is 0.286. The molecule has 5 nitrogen and oxygen atoms in total. The molecule has 0 saturated heterocycles. The van der Waals surface area contributed by atoms with Gasteiger partial charge in [0.2, 0.25) is 5.91 Å². The molecule has 4 rings (SSSR count). The Kier molecular flexibility index (Phi) is 4.74. The Labute approximate surface area is 161 Å². The summed E-state index contributed by atoms with van der Waals surface area (Å²) in [5.74, 6) is 0.225. The molecule has 1 aromatic heterocycles. The molecule has 27 heavy (non-hydrogen) atoms. The molecule has 138 valence electrons. The molecule has 1 heterocycles. The highest BCUT2D eigenvalue weighted by atomic mass is 32.2. The van der Waals surface area contributed by atoms with E-state index in [1.807, 2.05) is 50.2 Å². The average molecular weight is 379 g/mol. The van der Waals surface area contributed by atoms with Crippen LogP contribution in [-0.4, -0.2) is 27.3 Å². The van der Waals surface area contributed by atoms with Gasteiger partial charge in [-0.25, -0.2) is 4.98 Å². The van der Waals surface area contributed by atoms with Gasteiger partial charge in [0.05, 0.1) is 22.3 Å². The van der Waals surface area contributed by atoms with Crippen molar-refractivity contribution >= 4 is 28.6 Å². The van der Waals surface area contributed by atoms with E-state index in [0.29, 0.717) is 22.1 Å². The highest BCUT2D eigenvalue weighted by Crippen LogP contribution is 2.23. The van der Waals surface area contributed by atoms with E-state index in [0.717, 1.165) is 24.1 Å². The molecule has 0 spiro atoms. The first-order valence-electron chi connectivity index (χ1n) is 9.04. The molecular weight excluding hydrogens is 358 g/mol. The minimum Gasteiger partial charge on any atom is -0.353 e. The number of hydrogen-bond acceptors (Lipinski definition) is 4. The molecule has 1 aliphatic carbocycles. The van der Waals surface area contributed by atoms with Gasteiger partial charge in [-0.15, -0.1) is 0 Å². The van der Waals surface area contributed by atoms with Gasteiger partial charge >= 0.3 is 0 Å². The van der Waals surface area contributed by atoms with Gasteiger partial charge in [0, 0.05) is 6.04 Å². The number of thioether (sulfide) groups is 1. The van der Waals surface area contributed by atoms with Gasteiger partial charge in [0.15, 0.2) is 5.16 Å². The van der Waals surface area contributed by atoms with Crippen LogP contribution in [0.25, 0.3) is 16.6 Å². The zero-order chi connectivity index (χ0) is 19.0. The number of para-hydroxylation sites is 1. The molecule has 6 heteroatoms. The van der Waals surface area contributed by atoms with Crippen molar-refractivity contribution in [3.05, 3.63) is 63.9 Å². The summed E-state index contributed by atoms with van der Waals surface area (Å²) in [4.78, 5) is 30.0. The lowest BCUT2D eigenvalue weighted by Crippen LogP contribution is -2.28. The summed E-state index contributed by atoms with van der Waals surface area (Å²) in [6, 6.07) is 13.6. The molecule has 1 fully saturated rings. The Balaban J connectivity index is 1.78. The van der Waals surface area contributed by atoms with E-state index in [4.69, 9.17) is 0 Å². The fourth-order valence-electron chi connectivity index (χ4n) is 2.93. The number of fused-ring (bicyclic) bond motifs is 1. The summed E-state index contributed by atoms with van der Waals surface area (Å²) in [7, 11) is 0. The van der Waals surface area contributed by atoms with Crippen molar-refractivity contribution in [2.75, 3.05) is 5.75 Å². The van der Waals surface area contributed by atoms with Crippen molar-refractivity contribution < 1.29 is 4.79 Å². The lowest BCUT2D eigenvalue weighted by Gasteiger charge is -2.14. The van der Waals surface area contributed by atoms with E-state index in [1.54, 1.807) is 10.6 Å². The van der Waals surface area contributed by atoms with Crippen LogP contribution in [0.3, 0.4) is 0 Å². The van der Waals surface area contributed by atoms with Crippen molar-refractivity contribution in [1.82, 2.24) is 14.9 Å². The van der Waals surface area contributed by atoms with Gasteiger partial charge in [-0.05, 0) is 62.1 Å². The van der Waals surface area contributed by atoms with Crippen molar-refractivity contribution in [2.24, 2.45) is 0 Å². The molecule has 0 aliphatic heterocycles. The second-order valence-electron chi connectivity index (χ2n) is 6.95. The minimum atomic E-state index is -0.117. The van der Waals surface area contributed by atoms with E-state index < -0.39 is 0 Å². The second kappa shape index (κ2) is 7.19. The lowest BCUT2D eigenvalue weighted by molar-refractivity contribution is -0.118. The highest BCUT2D eigenvalue weighted by molar-refractivity contribution is 7.99. The molecule has 1 N–H and O–H groups in total. The first kappa shape index (κ1) is 17.8. The Morgan fingerprint density at radius 2 is 1.96 bits per heavy atom. The number of nitrogens with zero attached hydrogens (tertiary/aromatic N) is 2. The largest absolute Gasteiger partial charge is 0.353 e. The van der Waals surface area contributed by atoms with Gasteiger partial charge in [-0.3, -0.25) is 14.2 Å². The standard InChI is InChI=1S/C21H21N3O2S/c1-13-7-10-16(11-14(13)2)24-20(26)17-5-3-4-6-18(17)23-21(24)27-12-19(25)22-15-8-9-15/h3-7,10-11,15H,8-9,12H2,1-2H3,(H,22,25). The monoisotopic (exact) mass is 379 g/mol. The topological polar surface area (TPSA) is 64.0 Å². The molecule has 3 aromatic rings. The number of aromatic nitrogens is 2. The molecule has 2 aromatic carbocycles. The van der Waals surface area contributed by atoms with Crippen LogP contribution in [-0.2, 0) is 4.79 Å². The van der Waals surface area contributed by atoms with Crippen LogP contribution in [0.5, 0.6) is 0 Å². The molecule has 1 saturated carbocycles. The zero-order valence-corrected chi connectivity index (χ0v) is 16.2. The van der Waals surface area contributed by atoms with Crippen LogP contribution in [0.4, 0.5) is 0 Å². The van der Waals surface area contributed by atoms with Gasteiger partial charge in [0.1, 0.15) is 0 Å². The van der Waals surface area contributed by atoms with Crippen molar-refractivity contribution in [3.63, 3.8) is 0 Å². The predicted octanol–water partition coefficient (Wildman–Crippen LogP) is 3.37. The zero-order valence-electron chi connectivity index (χ0n) is 15.4. The molecule has 0 radical (unpaired) electrons. The number of carbonyl (C=O) groups is 1. The molecule has 0 unspecified atom stereocenters. The first-order valence-corrected chi connectivity index (χ1v) is 10.0. The Hall–Kier alpha value is -2.60. The molecule has 1 aliphatic rings. The number of nitrogens with one attached hydrogen (secondary N) is 1. The summed E-state index contributed by atoms with van der Waals surface area (Å²) in [5, 5.41) is 4.08. The normalized spacial score (nSPS) is 13.7. The molecule has 1 amide bonds. The van der Waals surface area contributed by atoms with E-state index in [-0.39, 0.29) is 17.2 Å². The third-order valence-corrected chi connectivity index (χ3v) is 5.71. The maximum atomic E-state index is 13.2. The quantitative estimate of drug-likeness (QED) is 0.545. The fourth-order valence-corrected chi connectivity index (χ4v) is 3.75. The van der Waals surface area contributed by atoms with Crippen LogP contribution in [0.15, 0.2) is 52.4 Å². The van der Waals surface area contributed by atoms with Crippen LogP contribution in [0.1, 0.15) is 24.0 Å². The highest BCUT2D eigenvalue weighted by Gasteiger charge is 2.23. The summed E-state index contributed by atoms with van der Waals surface area (Å²) < 4.78 is 1.61. The van der Waals surface area contributed by atoms with Crippen LogP contribution < -0.4 is 10.9 Å². The third kappa shape index (κ3) is 3.76. The number of benzene rings is 2. The summed E-state index contributed by atoms with van der Waals surface area (Å²) >= 11 is 1.30. The maximum Gasteiger partial charge on any atom is 0.266 e. The maximum absolute atomic E-state index is 13.2. The van der Waals surface area contributed by atoms with Gasteiger partial charge in [-0.1, -0.05) is 30.0 Å². The Bertz CT molecular complexity index is 1090. The van der Waals surface area contributed by atoms with Crippen LogP contribution in [0.2, 0.25) is 0 Å². The van der Waals surface area contributed by atoms with Gasteiger partial charge in [-0.2, -0.15) is 0 Å². The summed E-state index contributed by atoms with van der Waals surface area (Å²) in [6.45, 7) is 4.06. The van der Waals surface area contributed by atoms with Crippen molar-refractivity contribution in [1.29, 1.82) is 0 Å². The average Bonchev–Trinajstić information content (AvgIpc) is 3.46. The molecule has 0 atom stereocenters. The summed E-state index contributed by atoms with van der Waals surface area (Å²) in [5.41, 5.74) is 3.57. The van der Waals surface area contributed by atoms with E-state index in [1.165, 1.54) is 17.3 Å². The number of aryl methyl sites for hydroxylation is 2. The smallest absolute Gasteiger partial charge is 0.266 e. The number of amides is 1. The molecule has 0 bridgehead atoms. The Morgan fingerprint density at radius 3 is 2.70 bits per heavy atom. The molecular formula is C21H21N3O2S. The van der Waals surface area contributed by atoms with Crippen molar-refractivity contribution in [2.45, 2.75) is 37.9 Å². The van der Waals surface area contributed by atoms with E-state index in [2.05, 4.69) is 10.3 Å². The van der Waals surface area contributed by atoms with Crippen LogP contribution >= 0.6 is 11.8 Å². The predicted molar refractivity (Wildman–Crippen MR) is 109 cm³/mol. The van der Waals surface area contributed by atoms with E-state index in [9.17, 15) is 9.59 Å². The van der Waals surface area contributed by atoms with Gasteiger partial charge in [0.25, 0.3) is 5.56 Å². The van der Waals surface area contributed by atoms with Crippen molar-refractivity contribution in [3.8, 4) is 5.69 Å². The number of rotatable bonds is 5. The van der Waals surface area contributed by atoms with Crippen LogP contribution in [0, 0.1) is 13.8 Å². The Morgan fingerprint density at radius 1 is 1.19 bits per heavy atom. The first-order chi connectivity index (χ1) is 13.0. The summed E-state index contributed by atoms with van der Waals surface area (Å²) in [6.07, 6.45) is 2.11. The third-order valence-electron chi connectivity index (χ3n) is 4.77. The number of carbonyl (C=O) groups excluding carboxylic acids is 1. The van der Waals surface area contributed by atoms with E-state index >= 15 is 0 Å². The number of hydrogen-bond donors (Lipinski definition) is 1. The lowest BCUT2D eigenvalue weighted by atomic mass is 10.1.